The van der Waals surface area contributed by atoms with E-state index in [-0.39, 0.29) is 11.7 Å². The molecule has 2 aliphatic rings. The number of dihydropyridines is 1. The lowest BCUT2D eigenvalue weighted by atomic mass is 9.76. The summed E-state index contributed by atoms with van der Waals surface area (Å²) < 4.78 is 0. The van der Waals surface area contributed by atoms with E-state index >= 15 is 0 Å². The number of allylic oxidation sites excluding steroid dienone is 3. The maximum atomic E-state index is 13.1. The quantitative estimate of drug-likeness (QED) is 0.879. The third-order valence-corrected chi connectivity index (χ3v) is 4.91. The third-order valence-electron chi connectivity index (χ3n) is 4.91. The van der Waals surface area contributed by atoms with E-state index in [4.69, 9.17) is 0 Å². The van der Waals surface area contributed by atoms with Gasteiger partial charge in [-0.05, 0) is 44.0 Å². The van der Waals surface area contributed by atoms with Gasteiger partial charge in [-0.1, -0.05) is 12.1 Å². The average Bonchev–Trinajstić information content (AvgIpc) is 2.68. The molecule has 1 atom stereocenters. The lowest BCUT2D eigenvalue weighted by Gasteiger charge is -2.33. The van der Waals surface area contributed by atoms with Gasteiger partial charge in [0.2, 0.25) is 0 Å². The molecule has 0 radical (unpaired) electrons. The van der Waals surface area contributed by atoms with Crippen LogP contribution in [0.4, 0.5) is 5.82 Å². The zero-order valence-electron chi connectivity index (χ0n) is 15.0. The van der Waals surface area contributed by atoms with Crippen LogP contribution in [0, 0.1) is 0 Å². The van der Waals surface area contributed by atoms with Crippen molar-refractivity contribution in [1.82, 2.24) is 15.3 Å². The van der Waals surface area contributed by atoms with Gasteiger partial charge in [-0.2, -0.15) is 0 Å². The highest BCUT2D eigenvalue weighted by Gasteiger charge is 2.39. The molecule has 6 heteroatoms. The lowest BCUT2D eigenvalue weighted by molar-refractivity contribution is -0.116. The Morgan fingerprint density at radius 2 is 1.89 bits per heavy atom. The maximum absolute atomic E-state index is 13.1. The van der Waals surface area contributed by atoms with Crippen molar-refractivity contribution in [3.63, 3.8) is 0 Å². The number of carbonyl (C=O) groups excluding carboxylic acids is 2. The van der Waals surface area contributed by atoms with Gasteiger partial charge in [-0.25, -0.2) is 4.98 Å². The molecule has 1 amide bonds. The van der Waals surface area contributed by atoms with Gasteiger partial charge in [0.15, 0.2) is 5.78 Å². The number of amides is 1. The van der Waals surface area contributed by atoms with Gasteiger partial charge in [0.05, 0.1) is 11.6 Å². The average molecular weight is 360 g/mol. The smallest absolute Gasteiger partial charge is 0.255 e. The van der Waals surface area contributed by atoms with E-state index in [0.717, 1.165) is 24.2 Å². The van der Waals surface area contributed by atoms with Crippen molar-refractivity contribution in [3.05, 3.63) is 77.0 Å². The number of Topliss-reactive ketones (excluding diaryl/α,β-unsaturated/α-hetero) is 1. The van der Waals surface area contributed by atoms with Crippen LogP contribution in [0.3, 0.4) is 0 Å². The summed E-state index contributed by atoms with van der Waals surface area (Å²) >= 11 is 0. The second kappa shape index (κ2) is 7.15. The number of pyridine rings is 2. The fourth-order valence-corrected chi connectivity index (χ4v) is 3.75. The standard InChI is InChI=1S/C21H20N4O2/c1-13-18(21(27)25-17-10-3-5-12-23-17)20(14-7-2-4-11-22-14)19-15(24-13)8-6-9-16(19)26/h2-5,7,10-12,20,24H,6,8-9H2,1H3,(H,23,25,27)/t20-/m1/s1. The number of rotatable bonds is 3. The predicted octanol–water partition coefficient (Wildman–Crippen LogP) is 3.08. The second-order valence-electron chi connectivity index (χ2n) is 6.69. The number of nitrogens with zero attached hydrogens (tertiary/aromatic N) is 2. The number of nitrogens with one attached hydrogen (secondary N) is 2. The Morgan fingerprint density at radius 1 is 1.11 bits per heavy atom. The molecule has 27 heavy (non-hydrogen) atoms. The fourth-order valence-electron chi connectivity index (χ4n) is 3.75. The van der Waals surface area contributed by atoms with Crippen LogP contribution in [0.5, 0.6) is 0 Å². The van der Waals surface area contributed by atoms with Crippen LogP contribution < -0.4 is 10.6 Å². The minimum Gasteiger partial charge on any atom is -0.362 e. The zero-order valence-corrected chi connectivity index (χ0v) is 15.0. The fraction of sp³-hybridized carbons (Fsp3) is 0.238. The number of aromatic nitrogens is 2. The second-order valence-corrected chi connectivity index (χ2v) is 6.69. The van der Waals surface area contributed by atoms with Crippen LogP contribution >= 0.6 is 0 Å². The van der Waals surface area contributed by atoms with Crippen molar-refractivity contribution >= 4 is 17.5 Å². The van der Waals surface area contributed by atoms with Gasteiger partial charge < -0.3 is 10.6 Å². The van der Waals surface area contributed by atoms with Crippen LogP contribution in [0.2, 0.25) is 0 Å². The van der Waals surface area contributed by atoms with Gasteiger partial charge >= 0.3 is 0 Å². The van der Waals surface area contributed by atoms with E-state index < -0.39 is 5.92 Å². The first kappa shape index (κ1) is 17.1. The molecule has 0 saturated carbocycles. The van der Waals surface area contributed by atoms with E-state index in [1.165, 1.54) is 0 Å². The minimum atomic E-state index is -0.473. The first-order valence-electron chi connectivity index (χ1n) is 9.02. The molecule has 2 aromatic rings. The Balaban J connectivity index is 1.78. The molecule has 0 fully saturated rings. The molecular weight excluding hydrogens is 340 g/mol. The summed E-state index contributed by atoms with van der Waals surface area (Å²) in [7, 11) is 0. The molecule has 1 aliphatic heterocycles. The van der Waals surface area contributed by atoms with Crippen molar-refractivity contribution < 1.29 is 9.59 Å². The van der Waals surface area contributed by atoms with E-state index in [1.54, 1.807) is 24.5 Å². The monoisotopic (exact) mass is 360 g/mol. The lowest BCUT2D eigenvalue weighted by Crippen LogP contribution is -2.35. The van der Waals surface area contributed by atoms with Crippen LogP contribution in [0.15, 0.2) is 71.3 Å². The summed E-state index contributed by atoms with van der Waals surface area (Å²) in [4.78, 5) is 34.5. The third kappa shape index (κ3) is 3.26. The summed E-state index contributed by atoms with van der Waals surface area (Å²) in [5, 5.41) is 6.14. The van der Waals surface area contributed by atoms with E-state index in [2.05, 4.69) is 20.6 Å². The Hall–Kier alpha value is -3.28. The predicted molar refractivity (Wildman–Crippen MR) is 102 cm³/mol. The highest BCUT2D eigenvalue weighted by molar-refractivity contribution is 6.09. The van der Waals surface area contributed by atoms with Crippen molar-refractivity contribution in [1.29, 1.82) is 0 Å². The minimum absolute atomic E-state index is 0.0787. The van der Waals surface area contributed by atoms with Gasteiger partial charge in [0, 0.05) is 41.4 Å². The summed E-state index contributed by atoms with van der Waals surface area (Å²) in [5.41, 5.74) is 3.53. The van der Waals surface area contributed by atoms with Crippen LogP contribution in [0.25, 0.3) is 0 Å². The number of hydrogen-bond acceptors (Lipinski definition) is 5. The SMILES string of the molecule is CC1=C(C(=O)Nc2ccccn2)[C@@H](c2ccccn2)C2=C(CCCC2=O)N1. The van der Waals surface area contributed by atoms with E-state index in [1.807, 2.05) is 31.2 Å². The zero-order chi connectivity index (χ0) is 18.8. The molecule has 0 saturated heterocycles. The Labute approximate surface area is 157 Å². The van der Waals surface area contributed by atoms with Gasteiger partial charge in [0.25, 0.3) is 5.91 Å². The molecule has 2 N–H and O–H groups in total. The number of hydrogen-bond donors (Lipinski definition) is 2. The summed E-state index contributed by atoms with van der Waals surface area (Å²) in [6, 6.07) is 10.9. The van der Waals surface area contributed by atoms with Crippen molar-refractivity contribution in [2.45, 2.75) is 32.1 Å². The first-order chi connectivity index (χ1) is 13.1. The molecule has 6 nitrogen and oxygen atoms in total. The molecule has 136 valence electrons. The van der Waals surface area contributed by atoms with E-state index in [9.17, 15) is 9.59 Å². The largest absolute Gasteiger partial charge is 0.362 e. The molecule has 2 aromatic heterocycles. The molecule has 0 bridgehead atoms. The van der Waals surface area contributed by atoms with Gasteiger partial charge in [-0.15, -0.1) is 0 Å². The highest BCUT2D eigenvalue weighted by Crippen LogP contribution is 2.41. The van der Waals surface area contributed by atoms with Gasteiger partial charge in [0.1, 0.15) is 5.82 Å². The molecule has 3 heterocycles. The highest BCUT2D eigenvalue weighted by atomic mass is 16.2. The van der Waals surface area contributed by atoms with Crippen molar-refractivity contribution in [2.24, 2.45) is 0 Å². The topological polar surface area (TPSA) is 84.0 Å². The van der Waals surface area contributed by atoms with Crippen molar-refractivity contribution in [2.75, 3.05) is 5.32 Å². The number of carbonyl (C=O) groups is 2. The molecule has 0 aromatic carbocycles. The first-order valence-corrected chi connectivity index (χ1v) is 9.02. The molecule has 4 rings (SSSR count). The van der Waals surface area contributed by atoms with Crippen LogP contribution in [-0.2, 0) is 9.59 Å². The molecule has 1 aliphatic carbocycles. The Bertz CT molecular complexity index is 949. The van der Waals surface area contributed by atoms with E-state index in [0.29, 0.717) is 29.1 Å². The van der Waals surface area contributed by atoms with Crippen LogP contribution in [0.1, 0.15) is 37.8 Å². The van der Waals surface area contributed by atoms with Crippen molar-refractivity contribution in [3.8, 4) is 0 Å². The molecular formula is C21H20N4O2. The van der Waals surface area contributed by atoms with Gasteiger partial charge in [-0.3, -0.25) is 14.6 Å². The molecule has 0 spiro atoms. The summed E-state index contributed by atoms with van der Waals surface area (Å²) in [6.45, 7) is 1.87. The normalized spacial score (nSPS) is 19.4. The van der Waals surface area contributed by atoms with Crippen LogP contribution in [-0.4, -0.2) is 21.7 Å². The molecule has 0 unspecified atom stereocenters. The number of ketones is 1. The Morgan fingerprint density at radius 3 is 2.59 bits per heavy atom. The number of anilines is 1. The summed E-state index contributed by atoms with van der Waals surface area (Å²) in [6.07, 6.45) is 5.43. The maximum Gasteiger partial charge on any atom is 0.255 e. The Kier molecular flexibility index (Phi) is 4.54. The summed E-state index contributed by atoms with van der Waals surface area (Å²) in [5.74, 6) is -0.203.